The molecule has 0 atom stereocenters. The Morgan fingerprint density at radius 1 is 1.19 bits per heavy atom. The Balaban J connectivity index is 1.78. The molecule has 3 aromatic rings. The van der Waals surface area contributed by atoms with Crippen LogP contribution in [0.25, 0.3) is 22.4 Å². The molecule has 27 heavy (non-hydrogen) atoms. The average molecular weight is 427 g/mol. The molecule has 0 unspecified atom stereocenters. The van der Waals surface area contributed by atoms with E-state index in [-0.39, 0.29) is 5.91 Å². The molecular weight excluding hydrogens is 408 g/mol. The summed E-state index contributed by atoms with van der Waals surface area (Å²) in [5, 5.41) is 6.18. The van der Waals surface area contributed by atoms with Gasteiger partial charge in [0.05, 0.1) is 18.3 Å². The minimum atomic E-state index is -0.144. The Hall–Kier alpha value is -2.80. The fourth-order valence-corrected chi connectivity index (χ4v) is 3.19. The minimum Gasteiger partial charge on any atom is -0.482 e. The van der Waals surface area contributed by atoms with E-state index in [1.165, 1.54) is 12.5 Å². The third-order valence-electron chi connectivity index (χ3n) is 4.30. The molecule has 0 radical (unpaired) electrons. The van der Waals surface area contributed by atoms with Gasteiger partial charge in [0.15, 0.2) is 5.88 Å². The predicted molar refractivity (Wildman–Crippen MR) is 110 cm³/mol. The molecule has 1 fully saturated rings. The first-order chi connectivity index (χ1) is 13.0. The lowest BCUT2D eigenvalue weighted by atomic mass is 10.2. The molecule has 7 heteroatoms. The first-order valence-electron chi connectivity index (χ1n) is 8.64. The number of methoxy groups -OCH3 is 1. The van der Waals surface area contributed by atoms with Crippen molar-refractivity contribution < 1.29 is 9.53 Å². The third-order valence-corrected chi connectivity index (χ3v) is 4.83. The van der Waals surface area contributed by atoms with Crippen LogP contribution in [0.2, 0.25) is 0 Å². The number of H-pyrrole nitrogens is 1. The van der Waals surface area contributed by atoms with E-state index in [4.69, 9.17) is 9.72 Å². The molecule has 1 heterocycles. The number of imidazole rings is 1. The van der Waals surface area contributed by atoms with Crippen molar-refractivity contribution in [3.63, 3.8) is 0 Å². The molecule has 2 aromatic carbocycles. The number of halogens is 1. The average Bonchev–Trinajstić information content (AvgIpc) is 3.38. The highest BCUT2D eigenvalue weighted by Gasteiger charge is 2.20. The van der Waals surface area contributed by atoms with E-state index in [2.05, 4.69) is 31.5 Å². The van der Waals surface area contributed by atoms with Crippen LogP contribution >= 0.6 is 15.9 Å². The number of nitrogens with zero attached hydrogens (tertiary/aromatic N) is 1. The summed E-state index contributed by atoms with van der Waals surface area (Å²) in [7, 11) is 1.66. The quantitative estimate of drug-likeness (QED) is 0.500. The van der Waals surface area contributed by atoms with E-state index in [0.717, 1.165) is 45.8 Å². The predicted octanol–water partition coefficient (Wildman–Crippen LogP) is 5.01. The highest BCUT2D eigenvalue weighted by molar-refractivity contribution is 9.10. The number of anilines is 2. The minimum absolute atomic E-state index is 0.144. The highest BCUT2D eigenvalue weighted by Crippen LogP contribution is 2.34. The van der Waals surface area contributed by atoms with Gasteiger partial charge in [-0.25, -0.2) is 4.98 Å². The number of aromatic nitrogens is 2. The van der Waals surface area contributed by atoms with Crippen LogP contribution in [0.3, 0.4) is 0 Å². The van der Waals surface area contributed by atoms with Crippen LogP contribution in [0, 0.1) is 0 Å². The molecule has 138 valence electrons. The highest BCUT2D eigenvalue weighted by atomic mass is 79.9. The van der Waals surface area contributed by atoms with Crippen molar-refractivity contribution in [2.45, 2.75) is 19.8 Å². The summed E-state index contributed by atoms with van der Waals surface area (Å²) in [5.74, 6) is 1.37. The topological polar surface area (TPSA) is 79.0 Å². The van der Waals surface area contributed by atoms with Crippen molar-refractivity contribution >= 4 is 44.2 Å². The second-order valence-electron chi connectivity index (χ2n) is 6.46. The molecule has 0 aliphatic heterocycles. The Morgan fingerprint density at radius 3 is 2.56 bits per heavy atom. The Bertz CT molecular complexity index is 1050. The smallest absolute Gasteiger partial charge is 0.221 e. The van der Waals surface area contributed by atoms with Crippen LogP contribution < -0.4 is 10.6 Å². The van der Waals surface area contributed by atoms with Gasteiger partial charge in [-0.3, -0.25) is 4.79 Å². The zero-order valence-electron chi connectivity index (χ0n) is 15.0. The number of fused-ring (bicyclic) bond motifs is 1. The largest absolute Gasteiger partial charge is 0.482 e. The Labute approximate surface area is 165 Å². The molecule has 1 aliphatic carbocycles. The van der Waals surface area contributed by atoms with Gasteiger partial charge in [-0.1, -0.05) is 28.1 Å². The molecule has 4 rings (SSSR count). The maximum Gasteiger partial charge on any atom is 0.221 e. The van der Waals surface area contributed by atoms with E-state index in [9.17, 15) is 4.79 Å². The maximum absolute atomic E-state index is 11.7. The van der Waals surface area contributed by atoms with Crippen molar-refractivity contribution in [1.29, 1.82) is 0 Å². The van der Waals surface area contributed by atoms with Crippen molar-refractivity contribution in [3.8, 4) is 11.4 Å². The monoisotopic (exact) mass is 426 g/mol. The summed E-state index contributed by atoms with van der Waals surface area (Å²) in [4.78, 5) is 19.7. The Kier molecular flexibility index (Phi) is 4.61. The van der Waals surface area contributed by atoms with Crippen LogP contribution in [0.1, 0.15) is 19.8 Å². The summed E-state index contributed by atoms with van der Waals surface area (Å²) in [6, 6.07) is 11.8. The fourth-order valence-electron chi connectivity index (χ4n) is 2.92. The van der Waals surface area contributed by atoms with Gasteiger partial charge in [-0.15, -0.1) is 0 Å². The molecule has 0 spiro atoms. The molecule has 0 saturated heterocycles. The van der Waals surface area contributed by atoms with Gasteiger partial charge >= 0.3 is 0 Å². The molecular formula is C20H19BrN4O2. The van der Waals surface area contributed by atoms with Gasteiger partial charge in [-0.2, -0.15) is 0 Å². The Morgan fingerprint density at radius 2 is 1.93 bits per heavy atom. The zero-order valence-corrected chi connectivity index (χ0v) is 16.6. The van der Waals surface area contributed by atoms with Crippen molar-refractivity contribution in [3.05, 3.63) is 52.3 Å². The van der Waals surface area contributed by atoms with Crippen molar-refractivity contribution in [1.82, 2.24) is 9.97 Å². The standard InChI is InChI=1S/C20H19BrN4O2/c1-11(26)22-16-9-15(23-20(27-2)13-3-4-13)10-17-18(16)25-19(24-17)12-5-7-14(21)8-6-12/h5-10,23H,3-4H2,1-2H3,(H,22,26)(H,24,25). The van der Waals surface area contributed by atoms with Crippen LogP contribution in [0.5, 0.6) is 0 Å². The normalized spacial score (nSPS) is 12.8. The number of amides is 1. The molecule has 6 nitrogen and oxygen atoms in total. The van der Waals surface area contributed by atoms with Gasteiger partial charge in [0.2, 0.25) is 5.91 Å². The van der Waals surface area contributed by atoms with Crippen molar-refractivity contribution in [2.24, 2.45) is 0 Å². The van der Waals surface area contributed by atoms with Crippen LogP contribution in [-0.4, -0.2) is 23.0 Å². The number of ether oxygens (including phenoxy) is 1. The van der Waals surface area contributed by atoms with Crippen LogP contribution in [0.15, 0.2) is 52.3 Å². The SMILES string of the molecule is COC(Nc1cc(NC(C)=O)c2nc(-c3ccc(Br)cc3)[nH]c2c1)=C1CC1. The lowest BCUT2D eigenvalue weighted by Gasteiger charge is -2.11. The van der Waals surface area contributed by atoms with Crippen molar-refractivity contribution in [2.75, 3.05) is 17.7 Å². The van der Waals surface area contributed by atoms with Crippen LogP contribution in [0.4, 0.5) is 11.4 Å². The number of carbonyl (C=O) groups excluding carboxylic acids is 1. The third kappa shape index (κ3) is 3.83. The molecule has 1 aliphatic rings. The summed E-state index contributed by atoms with van der Waals surface area (Å²) in [6.45, 7) is 1.49. The van der Waals surface area contributed by atoms with Gasteiger partial charge < -0.3 is 20.4 Å². The number of rotatable bonds is 5. The second kappa shape index (κ2) is 7.08. The summed E-state index contributed by atoms with van der Waals surface area (Å²) < 4.78 is 6.46. The van der Waals surface area contributed by atoms with Gasteiger partial charge in [0, 0.05) is 22.6 Å². The number of nitrogens with one attached hydrogen (secondary N) is 3. The zero-order chi connectivity index (χ0) is 19.0. The number of aromatic amines is 1. The van der Waals surface area contributed by atoms with E-state index in [1.54, 1.807) is 7.11 Å². The lowest BCUT2D eigenvalue weighted by molar-refractivity contribution is -0.114. The number of allylic oxidation sites excluding steroid dienone is 1. The fraction of sp³-hybridized carbons (Fsp3) is 0.200. The molecule has 1 amide bonds. The summed E-state index contributed by atoms with van der Waals surface area (Å²) in [6.07, 6.45) is 2.10. The van der Waals surface area contributed by atoms with E-state index < -0.39 is 0 Å². The molecule has 1 saturated carbocycles. The number of hydrogen-bond donors (Lipinski definition) is 3. The van der Waals surface area contributed by atoms with E-state index in [1.807, 2.05) is 36.4 Å². The first kappa shape index (κ1) is 17.6. The van der Waals surface area contributed by atoms with Gasteiger partial charge in [0.25, 0.3) is 0 Å². The summed E-state index contributed by atoms with van der Waals surface area (Å²) in [5.41, 5.74) is 5.26. The maximum atomic E-state index is 11.7. The van der Waals surface area contributed by atoms with E-state index >= 15 is 0 Å². The first-order valence-corrected chi connectivity index (χ1v) is 9.43. The molecule has 1 aromatic heterocycles. The van der Waals surface area contributed by atoms with E-state index in [0.29, 0.717) is 11.2 Å². The number of benzene rings is 2. The molecule has 0 bridgehead atoms. The number of carbonyl (C=O) groups is 1. The summed E-state index contributed by atoms with van der Waals surface area (Å²) >= 11 is 3.44. The lowest BCUT2D eigenvalue weighted by Crippen LogP contribution is -2.08. The number of hydrogen-bond acceptors (Lipinski definition) is 4. The van der Waals surface area contributed by atoms with Crippen LogP contribution in [-0.2, 0) is 9.53 Å². The van der Waals surface area contributed by atoms with Gasteiger partial charge in [-0.05, 0) is 42.7 Å². The van der Waals surface area contributed by atoms with Gasteiger partial charge in [0.1, 0.15) is 11.3 Å². The second-order valence-corrected chi connectivity index (χ2v) is 7.37. The molecule has 3 N–H and O–H groups in total.